The number of para-hydroxylation sites is 4. The number of fused-ring (bicyclic) bond motifs is 4. The van der Waals surface area contributed by atoms with Gasteiger partial charge in [0.05, 0.1) is 45.8 Å². The molecule has 0 atom stereocenters. The molecule has 3 nitrogen and oxygen atoms in total. The zero-order valence-electron chi connectivity index (χ0n) is 23.3. The van der Waals surface area contributed by atoms with Gasteiger partial charge in [-0.1, -0.05) is 100 Å². The summed E-state index contributed by atoms with van der Waals surface area (Å²) in [4.78, 5) is 4.74. The number of hydrogen-bond donors (Lipinski definition) is 0. The summed E-state index contributed by atoms with van der Waals surface area (Å²) in [6, 6.07) is 43.3. The fourth-order valence-corrected chi connectivity index (χ4v) is 6.82. The molecular weight excluding hydrogens is 486 g/mol. The van der Waals surface area contributed by atoms with Crippen molar-refractivity contribution in [3.05, 3.63) is 143 Å². The lowest BCUT2D eigenvalue weighted by molar-refractivity contribution is 0.630. The third-order valence-electron chi connectivity index (χ3n) is 8.86. The van der Waals surface area contributed by atoms with Crippen LogP contribution in [-0.2, 0) is 10.8 Å². The summed E-state index contributed by atoms with van der Waals surface area (Å²) >= 11 is 0. The van der Waals surface area contributed by atoms with Crippen LogP contribution in [0.4, 0.5) is 34.1 Å². The second-order valence-electron chi connectivity index (χ2n) is 11.8. The maximum atomic E-state index is 10.0. The summed E-state index contributed by atoms with van der Waals surface area (Å²) in [6.45, 7) is 9.21. The lowest BCUT2D eigenvalue weighted by atomic mass is 9.73. The highest BCUT2D eigenvalue weighted by molar-refractivity contribution is 5.97. The van der Waals surface area contributed by atoms with Crippen molar-refractivity contribution in [2.75, 3.05) is 9.80 Å². The van der Waals surface area contributed by atoms with Crippen molar-refractivity contribution in [3.8, 4) is 6.07 Å². The fraction of sp³-hybridized carbons (Fsp3) is 0.162. The minimum Gasteiger partial charge on any atom is -0.308 e. The number of nitriles is 1. The maximum absolute atomic E-state index is 10.0. The monoisotopic (exact) mass is 517 g/mol. The molecule has 40 heavy (non-hydrogen) atoms. The van der Waals surface area contributed by atoms with Gasteiger partial charge in [-0.25, -0.2) is 0 Å². The van der Waals surface area contributed by atoms with Crippen LogP contribution >= 0.6 is 0 Å². The molecule has 5 aromatic rings. The molecule has 2 aliphatic rings. The number of anilines is 6. The molecule has 0 aromatic heterocycles. The van der Waals surface area contributed by atoms with Crippen LogP contribution in [0.1, 0.15) is 55.5 Å². The molecule has 0 aliphatic carbocycles. The van der Waals surface area contributed by atoms with E-state index in [2.05, 4.69) is 147 Å². The first-order valence-electron chi connectivity index (χ1n) is 13.9. The first-order valence-corrected chi connectivity index (χ1v) is 13.9. The summed E-state index contributed by atoms with van der Waals surface area (Å²) in [5, 5.41) is 10.0. The van der Waals surface area contributed by atoms with Gasteiger partial charge < -0.3 is 9.80 Å². The van der Waals surface area contributed by atoms with Crippen LogP contribution in [-0.4, -0.2) is 0 Å². The summed E-state index contributed by atoms with van der Waals surface area (Å²) in [5.41, 5.74) is 12.1. The SMILES string of the molecule is CC1(C)c2ccccc2N(c2ccc(C#N)cc2N2c3ccccc3C(C)(C)c3ccccc32)c2ccccc21. The predicted molar refractivity (Wildman–Crippen MR) is 165 cm³/mol. The van der Waals surface area contributed by atoms with Gasteiger partial charge >= 0.3 is 0 Å². The Kier molecular flexibility index (Phi) is 5.21. The van der Waals surface area contributed by atoms with E-state index in [4.69, 9.17) is 0 Å². The number of nitrogens with zero attached hydrogens (tertiary/aromatic N) is 3. The van der Waals surface area contributed by atoms with Crippen LogP contribution < -0.4 is 9.80 Å². The van der Waals surface area contributed by atoms with Crippen LogP contribution in [0.25, 0.3) is 0 Å². The van der Waals surface area contributed by atoms with Crippen LogP contribution in [0.3, 0.4) is 0 Å². The van der Waals surface area contributed by atoms with Gasteiger partial charge in [0.15, 0.2) is 0 Å². The zero-order chi connectivity index (χ0) is 27.6. The Balaban J connectivity index is 1.57. The normalized spacial score (nSPS) is 15.8. The Morgan fingerprint density at radius 1 is 0.450 bits per heavy atom. The van der Waals surface area contributed by atoms with Gasteiger partial charge in [0.2, 0.25) is 0 Å². The van der Waals surface area contributed by atoms with E-state index in [0.29, 0.717) is 5.56 Å². The Labute approximate surface area is 236 Å². The number of benzene rings is 5. The van der Waals surface area contributed by atoms with Crippen molar-refractivity contribution >= 4 is 34.1 Å². The van der Waals surface area contributed by atoms with E-state index >= 15 is 0 Å². The molecule has 0 saturated heterocycles. The molecule has 0 unspecified atom stereocenters. The molecule has 0 amide bonds. The van der Waals surface area contributed by atoms with E-state index in [-0.39, 0.29) is 10.8 Å². The van der Waals surface area contributed by atoms with E-state index in [9.17, 15) is 5.26 Å². The molecule has 7 rings (SSSR count). The molecule has 0 bridgehead atoms. The van der Waals surface area contributed by atoms with Gasteiger partial charge in [-0.2, -0.15) is 5.26 Å². The molecule has 194 valence electrons. The lowest BCUT2D eigenvalue weighted by Gasteiger charge is -2.45. The van der Waals surface area contributed by atoms with Gasteiger partial charge in [-0.15, -0.1) is 0 Å². The maximum Gasteiger partial charge on any atom is 0.0992 e. The Bertz CT molecular complexity index is 1740. The fourth-order valence-electron chi connectivity index (χ4n) is 6.82. The van der Waals surface area contributed by atoms with Gasteiger partial charge in [0.25, 0.3) is 0 Å². The third-order valence-corrected chi connectivity index (χ3v) is 8.86. The molecule has 3 heteroatoms. The second-order valence-corrected chi connectivity index (χ2v) is 11.8. The van der Waals surface area contributed by atoms with Crippen molar-refractivity contribution in [1.29, 1.82) is 5.26 Å². The highest BCUT2D eigenvalue weighted by atomic mass is 15.2. The van der Waals surface area contributed by atoms with Crippen LogP contribution in [0.5, 0.6) is 0 Å². The average Bonchev–Trinajstić information content (AvgIpc) is 2.98. The van der Waals surface area contributed by atoms with Gasteiger partial charge in [0, 0.05) is 10.8 Å². The van der Waals surface area contributed by atoms with Crippen molar-refractivity contribution < 1.29 is 0 Å². The van der Waals surface area contributed by atoms with Crippen molar-refractivity contribution in [2.45, 2.75) is 38.5 Å². The molecule has 0 saturated carbocycles. The molecule has 0 radical (unpaired) electrons. The minimum absolute atomic E-state index is 0.148. The van der Waals surface area contributed by atoms with Crippen molar-refractivity contribution in [1.82, 2.24) is 0 Å². The van der Waals surface area contributed by atoms with E-state index in [1.807, 2.05) is 12.1 Å². The zero-order valence-corrected chi connectivity index (χ0v) is 23.3. The summed E-state index contributed by atoms with van der Waals surface area (Å²) in [7, 11) is 0. The molecule has 5 aromatic carbocycles. The second kappa shape index (κ2) is 8.60. The smallest absolute Gasteiger partial charge is 0.0992 e. The highest BCUT2D eigenvalue weighted by Gasteiger charge is 2.40. The molecule has 2 aliphatic heterocycles. The van der Waals surface area contributed by atoms with Crippen LogP contribution in [0.15, 0.2) is 115 Å². The molecular formula is C37H31N3. The van der Waals surface area contributed by atoms with E-state index in [1.54, 1.807) is 0 Å². The quantitative estimate of drug-likeness (QED) is 0.233. The van der Waals surface area contributed by atoms with Gasteiger partial charge in [-0.3, -0.25) is 0 Å². The highest BCUT2D eigenvalue weighted by Crippen LogP contribution is 2.57. The first kappa shape index (κ1) is 24.2. The molecule has 0 fully saturated rings. The topological polar surface area (TPSA) is 30.3 Å². The van der Waals surface area contributed by atoms with Crippen LogP contribution in [0, 0.1) is 11.3 Å². The molecule has 0 spiro atoms. The minimum atomic E-state index is -0.162. The van der Waals surface area contributed by atoms with E-state index < -0.39 is 0 Å². The third kappa shape index (κ3) is 3.29. The largest absolute Gasteiger partial charge is 0.308 e. The average molecular weight is 518 g/mol. The standard InChI is InChI=1S/C37H31N3/c1-36(2)26-13-5-9-17-30(26)39(31-18-10-6-14-27(31)36)34-22-21-25(24-38)23-35(34)40-32-19-11-7-15-28(32)37(3,4)29-16-8-12-20-33(29)40/h5-23H,1-4H3. The Hall–Kier alpha value is -4.81. The number of rotatable bonds is 2. The van der Waals surface area contributed by atoms with Crippen molar-refractivity contribution in [3.63, 3.8) is 0 Å². The van der Waals surface area contributed by atoms with Gasteiger partial charge in [0.1, 0.15) is 0 Å². The Morgan fingerprint density at radius 2 is 0.800 bits per heavy atom. The number of hydrogen-bond acceptors (Lipinski definition) is 3. The van der Waals surface area contributed by atoms with Crippen molar-refractivity contribution in [2.24, 2.45) is 0 Å². The van der Waals surface area contributed by atoms with E-state index in [0.717, 1.165) is 34.1 Å². The Morgan fingerprint density at radius 3 is 1.18 bits per heavy atom. The summed E-state index contributed by atoms with van der Waals surface area (Å²) < 4.78 is 0. The molecule has 0 N–H and O–H groups in total. The first-order chi connectivity index (χ1) is 19.3. The van der Waals surface area contributed by atoms with E-state index in [1.165, 1.54) is 22.3 Å². The summed E-state index contributed by atoms with van der Waals surface area (Å²) in [6.07, 6.45) is 0. The summed E-state index contributed by atoms with van der Waals surface area (Å²) in [5.74, 6) is 0. The van der Waals surface area contributed by atoms with Crippen LogP contribution in [0.2, 0.25) is 0 Å². The lowest BCUT2D eigenvalue weighted by Crippen LogP contribution is -2.33. The van der Waals surface area contributed by atoms with Gasteiger partial charge in [-0.05, 0) is 64.7 Å². The molecule has 2 heterocycles. The predicted octanol–water partition coefficient (Wildman–Crippen LogP) is 9.78.